The molecule has 0 spiro atoms. The third kappa shape index (κ3) is 3.42. The zero-order valence-electron chi connectivity index (χ0n) is 13.1. The molecule has 0 aliphatic rings. The number of allylic oxidation sites excluding steroid dienone is 5. The second-order valence-corrected chi connectivity index (χ2v) is 6.77. The highest BCUT2D eigenvalue weighted by atomic mass is 35.5. The number of benzene rings is 1. The minimum Gasteiger partial charge on any atom is -0.423 e. The van der Waals surface area contributed by atoms with Crippen molar-refractivity contribution in [3.05, 3.63) is 87.6 Å². The number of rotatable bonds is 4. The molecule has 1 aromatic carbocycles. The average molecular weight is 355 g/mol. The molecule has 0 fully saturated rings. The highest BCUT2D eigenvalue weighted by molar-refractivity contribution is 7.16. The van der Waals surface area contributed by atoms with Crippen LogP contribution < -0.4 is 5.63 Å². The van der Waals surface area contributed by atoms with Gasteiger partial charge in [0.05, 0.1) is 0 Å². The summed E-state index contributed by atoms with van der Waals surface area (Å²) in [7, 11) is 0. The SMILES string of the molecule is C=C/C=C(Cl)\C=C(/C)c1ccc(-c2cc(=O)oc3ccccc23)s1. The van der Waals surface area contributed by atoms with Crippen LogP contribution in [0.25, 0.3) is 27.0 Å². The van der Waals surface area contributed by atoms with Crippen molar-refractivity contribution in [3.63, 3.8) is 0 Å². The van der Waals surface area contributed by atoms with Gasteiger partial charge in [0.1, 0.15) is 5.58 Å². The predicted molar refractivity (Wildman–Crippen MR) is 104 cm³/mol. The molecule has 2 heterocycles. The molecule has 0 saturated heterocycles. The summed E-state index contributed by atoms with van der Waals surface area (Å²) in [6.07, 6.45) is 5.30. The van der Waals surface area contributed by atoms with Gasteiger partial charge in [0, 0.05) is 31.8 Å². The minimum absolute atomic E-state index is 0.345. The molecule has 0 saturated carbocycles. The number of hydrogen-bond donors (Lipinski definition) is 0. The van der Waals surface area contributed by atoms with E-state index in [1.807, 2.05) is 43.3 Å². The Morgan fingerprint density at radius 3 is 2.83 bits per heavy atom. The Balaban J connectivity index is 2.08. The first-order valence-corrected chi connectivity index (χ1v) is 8.58. The van der Waals surface area contributed by atoms with E-state index >= 15 is 0 Å². The van der Waals surface area contributed by atoms with E-state index in [-0.39, 0.29) is 5.63 Å². The summed E-state index contributed by atoms with van der Waals surface area (Å²) < 4.78 is 5.26. The maximum Gasteiger partial charge on any atom is 0.336 e. The predicted octanol–water partition coefficient (Wildman–Crippen LogP) is 6.23. The molecule has 2 aromatic heterocycles. The highest BCUT2D eigenvalue weighted by Gasteiger charge is 2.10. The lowest BCUT2D eigenvalue weighted by Crippen LogP contribution is -1.97. The van der Waals surface area contributed by atoms with E-state index in [0.29, 0.717) is 10.6 Å². The third-order valence-corrected chi connectivity index (χ3v) is 5.03. The molecule has 0 N–H and O–H groups in total. The van der Waals surface area contributed by atoms with Crippen molar-refractivity contribution < 1.29 is 4.42 Å². The van der Waals surface area contributed by atoms with Crippen molar-refractivity contribution in [2.75, 3.05) is 0 Å². The standard InChI is InChI=1S/C20H15ClO2S/c1-3-6-14(21)11-13(2)18-9-10-19(24-18)16-12-20(22)23-17-8-5-4-7-15(16)17/h3-12H,1H2,2H3/b13-11+,14-6+. The number of para-hydroxylation sites is 1. The molecule has 0 aliphatic heterocycles. The Labute approximate surface area is 149 Å². The Hall–Kier alpha value is -2.36. The third-order valence-electron chi connectivity index (χ3n) is 3.54. The fourth-order valence-electron chi connectivity index (χ4n) is 2.45. The number of fused-ring (bicyclic) bond motifs is 1. The topological polar surface area (TPSA) is 30.2 Å². The van der Waals surface area contributed by atoms with E-state index in [9.17, 15) is 4.79 Å². The lowest BCUT2D eigenvalue weighted by molar-refractivity contribution is 0.561. The van der Waals surface area contributed by atoms with Crippen molar-refractivity contribution in [1.82, 2.24) is 0 Å². The molecule has 0 radical (unpaired) electrons. The largest absolute Gasteiger partial charge is 0.423 e. The van der Waals surface area contributed by atoms with Gasteiger partial charge in [-0.25, -0.2) is 4.79 Å². The quantitative estimate of drug-likeness (QED) is 0.410. The van der Waals surface area contributed by atoms with Crippen molar-refractivity contribution >= 4 is 39.5 Å². The van der Waals surface area contributed by atoms with Crippen LogP contribution in [0.15, 0.2) is 81.5 Å². The number of halogens is 1. The molecule has 3 aromatic rings. The smallest absolute Gasteiger partial charge is 0.336 e. The van der Waals surface area contributed by atoms with Gasteiger partial charge in [-0.3, -0.25) is 0 Å². The van der Waals surface area contributed by atoms with Crippen LogP contribution in [-0.2, 0) is 0 Å². The van der Waals surface area contributed by atoms with Gasteiger partial charge in [0.15, 0.2) is 0 Å². The van der Waals surface area contributed by atoms with E-state index in [1.165, 1.54) is 0 Å². The zero-order valence-corrected chi connectivity index (χ0v) is 14.7. The summed E-state index contributed by atoms with van der Waals surface area (Å²) in [5, 5.41) is 1.56. The van der Waals surface area contributed by atoms with E-state index < -0.39 is 0 Å². The van der Waals surface area contributed by atoms with Gasteiger partial charge in [-0.2, -0.15) is 0 Å². The highest BCUT2D eigenvalue weighted by Crippen LogP contribution is 2.35. The first-order chi connectivity index (χ1) is 11.6. The van der Waals surface area contributed by atoms with Crippen molar-refractivity contribution in [1.29, 1.82) is 0 Å². The van der Waals surface area contributed by atoms with E-state index in [4.69, 9.17) is 16.0 Å². The van der Waals surface area contributed by atoms with Gasteiger partial charge in [-0.15, -0.1) is 11.3 Å². The maximum absolute atomic E-state index is 11.8. The summed E-state index contributed by atoms with van der Waals surface area (Å²) in [6.45, 7) is 5.64. The molecule has 0 bridgehead atoms. The minimum atomic E-state index is -0.345. The van der Waals surface area contributed by atoms with Crippen molar-refractivity contribution in [2.45, 2.75) is 6.92 Å². The number of thiophene rings is 1. The van der Waals surface area contributed by atoms with Crippen molar-refractivity contribution in [2.24, 2.45) is 0 Å². The first-order valence-electron chi connectivity index (χ1n) is 7.38. The van der Waals surface area contributed by atoms with Crippen molar-refractivity contribution in [3.8, 4) is 10.4 Å². The fourth-order valence-corrected chi connectivity index (χ4v) is 3.71. The van der Waals surface area contributed by atoms with Crippen LogP contribution in [0, 0.1) is 0 Å². The van der Waals surface area contributed by atoms with Crippen LogP contribution in [0.2, 0.25) is 0 Å². The van der Waals surface area contributed by atoms with Gasteiger partial charge >= 0.3 is 5.63 Å². The van der Waals surface area contributed by atoms with Gasteiger partial charge in [-0.05, 0) is 42.8 Å². The van der Waals surface area contributed by atoms with Gasteiger partial charge in [0.25, 0.3) is 0 Å². The monoisotopic (exact) mass is 354 g/mol. The van der Waals surface area contributed by atoms with Crippen LogP contribution in [-0.4, -0.2) is 0 Å². The molecule has 24 heavy (non-hydrogen) atoms. The van der Waals surface area contributed by atoms with E-state index in [2.05, 4.69) is 6.58 Å². The molecular formula is C20H15ClO2S. The molecule has 0 aliphatic carbocycles. The molecule has 2 nitrogen and oxygen atoms in total. The Morgan fingerprint density at radius 1 is 1.25 bits per heavy atom. The Kier molecular flexibility index (Phi) is 4.84. The zero-order chi connectivity index (χ0) is 17.1. The van der Waals surface area contributed by atoms with E-state index in [1.54, 1.807) is 35.6 Å². The summed E-state index contributed by atoms with van der Waals surface area (Å²) in [6, 6.07) is 13.2. The molecule has 0 amide bonds. The maximum atomic E-state index is 11.8. The van der Waals surface area contributed by atoms with E-state index in [0.717, 1.165) is 26.3 Å². The normalized spacial score (nSPS) is 12.6. The van der Waals surface area contributed by atoms with Gasteiger partial charge < -0.3 is 4.42 Å². The molecule has 3 rings (SSSR count). The second kappa shape index (κ2) is 7.04. The summed E-state index contributed by atoms with van der Waals surface area (Å²) in [5.74, 6) is 0. The molecule has 4 heteroatoms. The lowest BCUT2D eigenvalue weighted by Gasteiger charge is -2.02. The van der Waals surface area contributed by atoms with Gasteiger partial charge in [-0.1, -0.05) is 42.5 Å². The molecule has 0 atom stereocenters. The molecule has 0 unspecified atom stereocenters. The average Bonchev–Trinajstić information content (AvgIpc) is 3.04. The molecule has 120 valence electrons. The molecular weight excluding hydrogens is 340 g/mol. The fraction of sp³-hybridized carbons (Fsp3) is 0.0500. The van der Waals surface area contributed by atoms with Crippen LogP contribution >= 0.6 is 22.9 Å². The summed E-state index contributed by atoms with van der Waals surface area (Å²) in [4.78, 5) is 13.9. The Morgan fingerprint density at radius 2 is 2.04 bits per heavy atom. The van der Waals surface area contributed by atoms with Crippen LogP contribution in [0.4, 0.5) is 0 Å². The lowest BCUT2D eigenvalue weighted by atomic mass is 10.1. The first kappa shape index (κ1) is 16.5. The van der Waals surface area contributed by atoms with Gasteiger partial charge in [0.2, 0.25) is 0 Å². The van der Waals surface area contributed by atoms with Crippen LogP contribution in [0.1, 0.15) is 11.8 Å². The Bertz CT molecular complexity index is 1020. The summed E-state index contributed by atoms with van der Waals surface area (Å²) >= 11 is 7.73. The second-order valence-electron chi connectivity index (χ2n) is 5.25. The van der Waals surface area contributed by atoms with Crippen LogP contribution in [0.5, 0.6) is 0 Å². The number of hydrogen-bond acceptors (Lipinski definition) is 3. The summed E-state index contributed by atoms with van der Waals surface area (Å²) in [5.41, 5.74) is 2.20. The van der Waals surface area contributed by atoms with Crippen LogP contribution in [0.3, 0.4) is 0 Å².